The third-order valence-corrected chi connectivity index (χ3v) is 5.30. The third-order valence-electron chi connectivity index (χ3n) is 5.30. The van der Waals surface area contributed by atoms with Gasteiger partial charge < -0.3 is 14.4 Å². The van der Waals surface area contributed by atoms with E-state index >= 15 is 0 Å². The van der Waals surface area contributed by atoms with Gasteiger partial charge in [0, 0.05) is 25.7 Å². The number of nitrogens with zero attached hydrogens (tertiary/aromatic N) is 2. The van der Waals surface area contributed by atoms with Crippen molar-refractivity contribution in [3.05, 3.63) is 0 Å². The maximum absolute atomic E-state index is 11.5. The zero-order valence-electron chi connectivity index (χ0n) is 12.6. The molecule has 0 aromatic carbocycles. The zero-order valence-corrected chi connectivity index (χ0v) is 12.6. The number of carbonyl (C=O) groups is 1. The van der Waals surface area contributed by atoms with Crippen molar-refractivity contribution in [2.45, 2.75) is 44.6 Å². The van der Waals surface area contributed by atoms with Crippen LogP contribution in [0.4, 0.5) is 0 Å². The van der Waals surface area contributed by atoms with Crippen molar-refractivity contribution in [2.75, 3.05) is 45.9 Å². The van der Waals surface area contributed by atoms with Gasteiger partial charge >= 0.3 is 0 Å². The van der Waals surface area contributed by atoms with Gasteiger partial charge in [0.05, 0.1) is 12.0 Å². The molecule has 3 rings (SSSR count). The van der Waals surface area contributed by atoms with Crippen LogP contribution in [0.15, 0.2) is 0 Å². The van der Waals surface area contributed by atoms with Crippen molar-refractivity contribution in [3.8, 4) is 0 Å². The molecule has 3 fully saturated rings. The zero-order chi connectivity index (χ0) is 13.8. The smallest absolute Gasteiger partial charge is 0.129 e. The summed E-state index contributed by atoms with van der Waals surface area (Å²) in [5, 5.41) is 0. The Morgan fingerprint density at radius 2 is 2.00 bits per heavy atom. The van der Waals surface area contributed by atoms with E-state index in [0.717, 1.165) is 45.1 Å². The average molecular weight is 280 g/mol. The fraction of sp³-hybridized carbons (Fsp3) is 0.938. The van der Waals surface area contributed by atoms with Gasteiger partial charge in [-0.05, 0) is 51.7 Å². The molecule has 0 bridgehead atoms. The molecule has 4 nitrogen and oxygen atoms in total. The topological polar surface area (TPSA) is 32.8 Å². The van der Waals surface area contributed by atoms with Crippen molar-refractivity contribution in [3.63, 3.8) is 0 Å². The van der Waals surface area contributed by atoms with E-state index in [4.69, 9.17) is 4.74 Å². The Hall–Kier alpha value is -0.450. The molecule has 0 aromatic heterocycles. The van der Waals surface area contributed by atoms with E-state index in [1.165, 1.54) is 45.1 Å². The summed E-state index contributed by atoms with van der Waals surface area (Å²) in [6.07, 6.45) is 8.60. The molecule has 3 heterocycles. The third kappa shape index (κ3) is 3.23. The Balaban J connectivity index is 1.52. The summed E-state index contributed by atoms with van der Waals surface area (Å²) in [5.74, 6) is 0. The van der Waals surface area contributed by atoms with Crippen molar-refractivity contribution in [1.82, 2.24) is 9.80 Å². The van der Waals surface area contributed by atoms with Gasteiger partial charge in [0.1, 0.15) is 6.29 Å². The molecular weight excluding hydrogens is 252 g/mol. The molecule has 3 aliphatic heterocycles. The van der Waals surface area contributed by atoms with Gasteiger partial charge in [0.25, 0.3) is 0 Å². The van der Waals surface area contributed by atoms with Gasteiger partial charge in [-0.1, -0.05) is 6.42 Å². The van der Waals surface area contributed by atoms with Crippen LogP contribution >= 0.6 is 0 Å². The average Bonchev–Trinajstić information content (AvgIpc) is 2.97. The normalized spacial score (nSPS) is 37.1. The summed E-state index contributed by atoms with van der Waals surface area (Å²) in [7, 11) is 0. The molecule has 2 unspecified atom stereocenters. The Morgan fingerprint density at radius 1 is 1.15 bits per heavy atom. The molecule has 0 N–H and O–H groups in total. The van der Waals surface area contributed by atoms with Crippen molar-refractivity contribution < 1.29 is 9.53 Å². The van der Waals surface area contributed by atoms with Crippen LogP contribution in [0.3, 0.4) is 0 Å². The van der Waals surface area contributed by atoms with Gasteiger partial charge in [-0.2, -0.15) is 0 Å². The van der Waals surface area contributed by atoms with Crippen LogP contribution in [-0.2, 0) is 9.53 Å². The molecule has 20 heavy (non-hydrogen) atoms. The molecule has 0 radical (unpaired) electrons. The number of likely N-dealkylation sites (tertiary alicyclic amines) is 2. The first-order chi connectivity index (χ1) is 9.81. The number of hydrogen-bond acceptors (Lipinski definition) is 4. The minimum atomic E-state index is -0.227. The predicted molar refractivity (Wildman–Crippen MR) is 78.8 cm³/mol. The Morgan fingerprint density at radius 3 is 2.70 bits per heavy atom. The summed E-state index contributed by atoms with van der Waals surface area (Å²) in [4.78, 5) is 16.7. The lowest BCUT2D eigenvalue weighted by Gasteiger charge is -2.36. The van der Waals surface area contributed by atoms with Crippen molar-refractivity contribution in [2.24, 2.45) is 5.41 Å². The number of hydrogen-bond donors (Lipinski definition) is 0. The monoisotopic (exact) mass is 280 g/mol. The van der Waals surface area contributed by atoms with Crippen molar-refractivity contribution in [1.29, 1.82) is 0 Å². The van der Waals surface area contributed by atoms with E-state index in [0.29, 0.717) is 6.61 Å². The summed E-state index contributed by atoms with van der Waals surface area (Å²) in [6.45, 7) is 7.21. The van der Waals surface area contributed by atoms with Crippen LogP contribution < -0.4 is 0 Å². The van der Waals surface area contributed by atoms with Crippen LogP contribution in [0, 0.1) is 5.41 Å². The highest BCUT2D eigenvalue weighted by atomic mass is 16.5. The van der Waals surface area contributed by atoms with E-state index in [9.17, 15) is 4.79 Å². The van der Waals surface area contributed by atoms with Gasteiger partial charge in [-0.3, -0.25) is 4.90 Å². The summed E-state index contributed by atoms with van der Waals surface area (Å²) in [5.41, 5.74) is -0.227. The molecule has 114 valence electrons. The second kappa shape index (κ2) is 6.54. The van der Waals surface area contributed by atoms with Crippen molar-refractivity contribution >= 4 is 6.29 Å². The summed E-state index contributed by atoms with van der Waals surface area (Å²) < 4.78 is 5.56. The maximum atomic E-state index is 11.5. The van der Waals surface area contributed by atoms with Crippen LogP contribution in [0.5, 0.6) is 0 Å². The fourth-order valence-electron chi connectivity index (χ4n) is 4.11. The van der Waals surface area contributed by atoms with E-state index < -0.39 is 0 Å². The van der Waals surface area contributed by atoms with Crippen LogP contribution in [0.1, 0.15) is 38.5 Å². The SMILES string of the molecule is O=CC1(CN2CCC(N3CCCCC3)C2)CCCOC1. The molecule has 0 spiro atoms. The largest absolute Gasteiger partial charge is 0.380 e. The van der Waals surface area contributed by atoms with Gasteiger partial charge in [-0.15, -0.1) is 0 Å². The van der Waals surface area contributed by atoms with E-state index in [1.807, 2.05) is 0 Å². The van der Waals surface area contributed by atoms with Gasteiger partial charge in [-0.25, -0.2) is 0 Å². The van der Waals surface area contributed by atoms with E-state index in [1.54, 1.807) is 0 Å². The Kier molecular flexibility index (Phi) is 4.74. The molecule has 0 saturated carbocycles. The summed E-state index contributed by atoms with van der Waals surface area (Å²) >= 11 is 0. The number of rotatable bonds is 4. The number of ether oxygens (including phenoxy) is 1. The molecule has 3 saturated heterocycles. The van der Waals surface area contributed by atoms with E-state index in [2.05, 4.69) is 9.80 Å². The molecule has 0 amide bonds. The van der Waals surface area contributed by atoms with E-state index in [-0.39, 0.29) is 5.41 Å². The molecule has 3 aliphatic rings. The second-order valence-electron chi connectivity index (χ2n) is 6.91. The minimum Gasteiger partial charge on any atom is -0.380 e. The lowest BCUT2D eigenvalue weighted by Crippen LogP contribution is -2.45. The first-order valence-corrected chi connectivity index (χ1v) is 8.32. The highest BCUT2D eigenvalue weighted by Crippen LogP contribution is 2.30. The highest BCUT2D eigenvalue weighted by Gasteiger charge is 2.37. The molecular formula is C16H28N2O2. The quantitative estimate of drug-likeness (QED) is 0.731. The molecule has 4 heteroatoms. The predicted octanol–water partition coefficient (Wildman–Crippen LogP) is 1.54. The molecule has 0 aromatic rings. The number of aldehydes is 1. The highest BCUT2D eigenvalue weighted by molar-refractivity contribution is 5.60. The van der Waals surface area contributed by atoms with Crippen LogP contribution in [0.2, 0.25) is 0 Å². The fourth-order valence-corrected chi connectivity index (χ4v) is 4.11. The second-order valence-corrected chi connectivity index (χ2v) is 6.91. The lowest BCUT2D eigenvalue weighted by atomic mass is 9.83. The van der Waals surface area contributed by atoms with Gasteiger partial charge in [0.2, 0.25) is 0 Å². The number of carbonyl (C=O) groups excluding carboxylic acids is 1. The summed E-state index contributed by atoms with van der Waals surface area (Å²) in [6, 6.07) is 0.725. The van der Waals surface area contributed by atoms with Crippen LogP contribution in [0.25, 0.3) is 0 Å². The molecule has 0 aliphatic carbocycles. The Bertz CT molecular complexity index is 322. The minimum absolute atomic E-state index is 0.227. The van der Waals surface area contributed by atoms with Crippen LogP contribution in [-0.4, -0.2) is 68.1 Å². The maximum Gasteiger partial charge on any atom is 0.129 e. The lowest BCUT2D eigenvalue weighted by molar-refractivity contribution is -0.125. The first kappa shape index (κ1) is 14.5. The number of piperidine rings is 1. The first-order valence-electron chi connectivity index (χ1n) is 8.32. The molecule has 2 atom stereocenters. The standard InChI is InChI=1S/C16H28N2O2/c19-13-16(6-4-10-20-14-16)12-17-9-5-15(11-17)18-7-2-1-3-8-18/h13,15H,1-12,14H2. The van der Waals surface area contributed by atoms with Gasteiger partial charge in [0.15, 0.2) is 0 Å². The Labute approximate surface area is 122 Å².